The van der Waals surface area contributed by atoms with Gasteiger partial charge < -0.3 is 10.0 Å². The van der Waals surface area contributed by atoms with Gasteiger partial charge in [-0.25, -0.2) is 9.98 Å². The van der Waals surface area contributed by atoms with Crippen molar-refractivity contribution >= 4 is 29.3 Å². The summed E-state index contributed by atoms with van der Waals surface area (Å²) in [6.07, 6.45) is 2.34. The molecule has 0 bridgehead atoms. The van der Waals surface area contributed by atoms with E-state index in [0.717, 1.165) is 39.5 Å². The number of aliphatic imine (C=N–C) groups is 1. The lowest BCUT2D eigenvalue weighted by molar-refractivity contribution is -0.137. The van der Waals surface area contributed by atoms with Gasteiger partial charge in [-0.15, -0.1) is 11.3 Å². The molecule has 0 unspecified atom stereocenters. The van der Waals surface area contributed by atoms with Crippen LogP contribution in [0.2, 0.25) is 0 Å². The molecule has 0 radical (unpaired) electrons. The summed E-state index contributed by atoms with van der Waals surface area (Å²) in [6.45, 7) is 6.10. The van der Waals surface area contributed by atoms with Crippen LogP contribution < -0.4 is 0 Å². The number of aryl methyl sites for hydroxylation is 3. The lowest BCUT2D eigenvalue weighted by Gasteiger charge is -2.11. The van der Waals surface area contributed by atoms with Gasteiger partial charge in [-0.05, 0) is 43.5 Å². The maximum atomic E-state index is 10.8. The Hall–Kier alpha value is -2.99. The van der Waals surface area contributed by atoms with Crippen LogP contribution in [-0.2, 0) is 11.2 Å². The van der Waals surface area contributed by atoms with Crippen molar-refractivity contribution in [1.29, 1.82) is 0 Å². The number of rotatable bonds is 7. The lowest BCUT2D eigenvalue weighted by Crippen LogP contribution is -2.23. The molecule has 0 aliphatic rings. The van der Waals surface area contributed by atoms with Crippen LogP contribution >= 0.6 is 11.3 Å². The topological polar surface area (TPSA) is 65.8 Å². The number of aromatic nitrogens is 1. The molecule has 29 heavy (non-hydrogen) atoms. The first-order valence-corrected chi connectivity index (χ1v) is 10.3. The van der Waals surface area contributed by atoms with E-state index in [1.54, 1.807) is 29.6 Å². The highest BCUT2D eigenvalue weighted by Gasteiger charge is 2.09. The second-order valence-electron chi connectivity index (χ2n) is 7.29. The minimum absolute atomic E-state index is 0.0764. The van der Waals surface area contributed by atoms with Crippen LogP contribution in [0.1, 0.15) is 27.3 Å². The molecule has 3 rings (SSSR count). The van der Waals surface area contributed by atoms with Gasteiger partial charge in [-0.1, -0.05) is 35.9 Å². The molecule has 0 atom stereocenters. The van der Waals surface area contributed by atoms with Gasteiger partial charge in [0.25, 0.3) is 0 Å². The zero-order valence-electron chi connectivity index (χ0n) is 17.1. The third kappa shape index (κ3) is 5.51. The van der Waals surface area contributed by atoms with Crippen LogP contribution in [0.4, 0.5) is 5.69 Å². The van der Waals surface area contributed by atoms with E-state index in [1.165, 1.54) is 11.1 Å². The van der Waals surface area contributed by atoms with Gasteiger partial charge in [0.15, 0.2) is 0 Å². The third-order valence-electron chi connectivity index (χ3n) is 4.67. The number of likely N-dealkylation sites (N-methyl/N-ethyl adjacent to an activating group) is 1. The molecule has 5 nitrogen and oxygen atoms in total. The molecule has 1 N–H and O–H groups in total. The molecular formula is C23H25N3O2S. The van der Waals surface area contributed by atoms with Crippen LogP contribution in [0, 0.1) is 20.8 Å². The number of hydrogen-bond donors (Lipinski definition) is 1. The third-order valence-corrected chi connectivity index (χ3v) is 5.52. The van der Waals surface area contributed by atoms with Crippen molar-refractivity contribution in [3.63, 3.8) is 0 Å². The van der Waals surface area contributed by atoms with E-state index in [1.807, 2.05) is 13.0 Å². The van der Waals surface area contributed by atoms with E-state index in [9.17, 15) is 4.79 Å². The number of carbonyl (C=O) groups is 1. The van der Waals surface area contributed by atoms with Crippen molar-refractivity contribution in [1.82, 2.24) is 9.88 Å². The number of aliphatic carboxylic acids is 1. The van der Waals surface area contributed by atoms with Crippen LogP contribution in [0.3, 0.4) is 0 Å². The monoisotopic (exact) mass is 407 g/mol. The predicted octanol–water partition coefficient (Wildman–Crippen LogP) is 5.00. The number of carboxylic acids is 1. The number of carboxylic acid groups (broad SMARTS) is 1. The first-order valence-electron chi connectivity index (χ1n) is 9.39. The van der Waals surface area contributed by atoms with Gasteiger partial charge in [0, 0.05) is 24.4 Å². The Morgan fingerprint density at radius 2 is 1.90 bits per heavy atom. The van der Waals surface area contributed by atoms with Gasteiger partial charge in [-0.2, -0.15) is 0 Å². The second-order valence-corrected chi connectivity index (χ2v) is 8.23. The average Bonchev–Trinajstić information content (AvgIpc) is 3.12. The SMILES string of the molecule is Cc1ccc(-c2csc(Cc3cc(C)c(/N=C/N(C)CC(=O)O)cc3C)n2)cc1. The van der Waals surface area contributed by atoms with Crippen molar-refractivity contribution in [2.45, 2.75) is 27.2 Å². The smallest absolute Gasteiger partial charge is 0.323 e. The van der Waals surface area contributed by atoms with Crippen LogP contribution in [0.15, 0.2) is 46.8 Å². The van der Waals surface area contributed by atoms with Crippen molar-refractivity contribution in [3.8, 4) is 11.3 Å². The maximum Gasteiger partial charge on any atom is 0.323 e. The molecule has 3 aromatic rings. The Morgan fingerprint density at radius 1 is 1.17 bits per heavy atom. The van der Waals surface area contributed by atoms with E-state index >= 15 is 0 Å². The summed E-state index contributed by atoms with van der Waals surface area (Å²) >= 11 is 1.68. The van der Waals surface area contributed by atoms with E-state index in [-0.39, 0.29) is 6.54 Å². The van der Waals surface area contributed by atoms with Gasteiger partial charge in [0.1, 0.15) is 6.54 Å². The first kappa shape index (κ1) is 20.7. The second kappa shape index (κ2) is 9.01. The molecule has 6 heteroatoms. The minimum atomic E-state index is -0.879. The molecule has 0 aliphatic heterocycles. The molecule has 1 aromatic heterocycles. The Kier molecular flexibility index (Phi) is 6.44. The van der Waals surface area contributed by atoms with E-state index in [4.69, 9.17) is 10.1 Å². The van der Waals surface area contributed by atoms with Crippen molar-refractivity contribution in [3.05, 3.63) is 69.0 Å². The summed E-state index contributed by atoms with van der Waals surface area (Å²) in [7, 11) is 1.70. The minimum Gasteiger partial charge on any atom is -0.480 e. The quantitative estimate of drug-likeness (QED) is 0.442. The molecule has 0 fully saturated rings. The van der Waals surface area contributed by atoms with Crippen LogP contribution in [0.25, 0.3) is 11.3 Å². The molecule has 0 amide bonds. The highest BCUT2D eigenvalue weighted by atomic mass is 32.1. The van der Waals surface area contributed by atoms with E-state index in [0.29, 0.717) is 0 Å². The van der Waals surface area contributed by atoms with Gasteiger partial charge in [-0.3, -0.25) is 4.79 Å². The largest absolute Gasteiger partial charge is 0.480 e. The Balaban J connectivity index is 1.75. The average molecular weight is 408 g/mol. The highest BCUT2D eigenvalue weighted by Crippen LogP contribution is 2.28. The Bertz CT molecular complexity index is 1040. The summed E-state index contributed by atoms with van der Waals surface area (Å²) in [5.74, 6) is -0.879. The Morgan fingerprint density at radius 3 is 2.59 bits per heavy atom. The predicted molar refractivity (Wildman–Crippen MR) is 119 cm³/mol. The fourth-order valence-electron chi connectivity index (χ4n) is 3.02. The molecule has 1 heterocycles. The maximum absolute atomic E-state index is 10.8. The summed E-state index contributed by atoms with van der Waals surface area (Å²) < 4.78 is 0. The van der Waals surface area contributed by atoms with Gasteiger partial charge in [0.05, 0.1) is 22.7 Å². The first-order chi connectivity index (χ1) is 13.8. The summed E-state index contributed by atoms with van der Waals surface area (Å²) in [4.78, 5) is 21.6. The fourth-order valence-corrected chi connectivity index (χ4v) is 3.84. The van der Waals surface area contributed by atoms with E-state index < -0.39 is 5.97 Å². The van der Waals surface area contributed by atoms with Crippen molar-refractivity contribution < 1.29 is 9.90 Å². The highest BCUT2D eigenvalue weighted by molar-refractivity contribution is 7.10. The standard InChI is InChI=1S/C23H25N3O2S/c1-15-5-7-18(8-6-15)21-13-29-22(25-21)11-19-9-17(3)20(10-16(19)2)24-14-26(4)12-23(27)28/h5-10,13-14H,11-12H2,1-4H3,(H,27,28)/b24-14+. The molecule has 0 saturated carbocycles. The molecule has 0 aliphatic carbocycles. The number of hydrogen-bond acceptors (Lipinski definition) is 4. The zero-order valence-corrected chi connectivity index (χ0v) is 18.0. The zero-order chi connectivity index (χ0) is 21.0. The molecule has 0 saturated heterocycles. The van der Waals surface area contributed by atoms with E-state index in [2.05, 4.69) is 54.6 Å². The molecule has 150 valence electrons. The van der Waals surface area contributed by atoms with Crippen molar-refractivity contribution in [2.24, 2.45) is 4.99 Å². The summed E-state index contributed by atoms with van der Waals surface area (Å²) in [6, 6.07) is 12.6. The summed E-state index contributed by atoms with van der Waals surface area (Å²) in [5, 5.41) is 12.0. The molecule has 2 aromatic carbocycles. The normalized spacial score (nSPS) is 11.2. The van der Waals surface area contributed by atoms with Crippen LogP contribution in [-0.4, -0.2) is 40.9 Å². The molecule has 0 spiro atoms. The van der Waals surface area contributed by atoms with Crippen molar-refractivity contribution in [2.75, 3.05) is 13.6 Å². The number of nitrogens with zero attached hydrogens (tertiary/aromatic N) is 3. The Labute approximate surface area is 175 Å². The fraction of sp³-hybridized carbons (Fsp3) is 0.261. The summed E-state index contributed by atoms with van der Waals surface area (Å²) in [5.41, 5.74) is 7.68. The van der Waals surface area contributed by atoms with Gasteiger partial charge >= 0.3 is 5.97 Å². The molecular weight excluding hydrogens is 382 g/mol. The lowest BCUT2D eigenvalue weighted by atomic mass is 10.0. The van der Waals surface area contributed by atoms with Crippen LogP contribution in [0.5, 0.6) is 0 Å². The van der Waals surface area contributed by atoms with Gasteiger partial charge in [0.2, 0.25) is 0 Å². The number of benzene rings is 2. The number of thiazole rings is 1.